The molecule has 0 saturated heterocycles. The van der Waals surface area contributed by atoms with Crippen molar-refractivity contribution in [1.82, 2.24) is 4.98 Å². The summed E-state index contributed by atoms with van der Waals surface area (Å²) in [7, 11) is 0. The fourth-order valence-electron chi connectivity index (χ4n) is 1.16. The highest BCUT2D eigenvalue weighted by Gasteiger charge is 2.15. The fourth-order valence-corrected chi connectivity index (χ4v) is 1.60. The Labute approximate surface area is 94.8 Å². The van der Waals surface area contributed by atoms with Gasteiger partial charge in [-0.05, 0) is 6.07 Å². The summed E-state index contributed by atoms with van der Waals surface area (Å²) in [5.74, 6) is 1.09. The number of fused-ring (bicyclic) bond motifs is 1. The van der Waals surface area contributed by atoms with Gasteiger partial charge in [0.05, 0.1) is 4.43 Å². The second kappa shape index (κ2) is 4.12. The molecule has 0 saturated carbocycles. The molecule has 2 rings (SSSR count). The molecule has 0 amide bonds. The lowest BCUT2D eigenvalue weighted by atomic mass is 10.2. The lowest BCUT2D eigenvalue weighted by Crippen LogP contribution is -2.17. The first-order valence-corrected chi connectivity index (χ1v) is 5.68. The summed E-state index contributed by atoms with van der Waals surface area (Å²) in [6.45, 7) is 1.02. The van der Waals surface area contributed by atoms with Crippen LogP contribution in [0.4, 0.5) is 0 Å². The van der Waals surface area contributed by atoms with Crippen molar-refractivity contribution in [3.63, 3.8) is 0 Å². The monoisotopic (exact) mass is 305 g/mol. The van der Waals surface area contributed by atoms with E-state index in [2.05, 4.69) is 4.98 Å². The van der Waals surface area contributed by atoms with Crippen molar-refractivity contribution in [2.24, 2.45) is 0 Å². The number of ketones is 1. The highest BCUT2D eigenvalue weighted by molar-refractivity contribution is 14.1. The molecule has 1 aliphatic rings. The predicted octanol–water partition coefficient (Wildman–Crippen LogP) is 1.47. The van der Waals surface area contributed by atoms with Crippen LogP contribution in [0.25, 0.3) is 0 Å². The predicted molar refractivity (Wildman–Crippen MR) is 58.4 cm³/mol. The van der Waals surface area contributed by atoms with E-state index in [0.29, 0.717) is 34.8 Å². The van der Waals surface area contributed by atoms with Crippen molar-refractivity contribution in [3.8, 4) is 11.6 Å². The van der Waals surface area contributed by atoms with Gasteiger partial charge in [-0.2, -0.15) is 0 Å². The number of carbonyl (C=O) groups excluding carboxylic acids is 1. The SMILES string of the molecule is O=C(CI)c1cnc2c(c1)OCCO2. The molecule has 1 aromatic heterocycles. The van der Waals surface area contributed by atoms with E-state index in [1.807, 2.05) is 22.6 Å². The molecule has 0 unspecified atom stereocenters. The first-order chi connectivity index (χ1) is 6.81. The average Bonchev–Trinajstić information content (AvgIpc) is 2.27. The minimum absolute atomic E-state index is 0.0510. The van der Waals surface area contributed by atoms with E-state index in [4.69, 9.17) is 9.47 Å². The van der Waals surface area contributed by atoms with Gasteiger partial charge in [0, 0.05) is 11.8 Å². The van der Waals surface area contributed by atoms with Crippen LogP contribution < -0.4 is 9.47 Å². The summed E-state index contributed by atoms with van der Waals surface area (Å²) in [6.07, 6.45) is 1.52. The zero-order chi connectivity index (χ0) is 9.97. The van der Waals surface area contributed by atoms with Crippen LogP contribution >= 0.6 is 22.6 Å². The van der Waals surface area contributed by atoms with E-state index >= 15 is 0 Å². The number of hydrogen-bond donors (Lipinski definition) is 0. The third-order valence-corrected chi connectivity index (χ3v) is 2.53. The molecule has 14 heavy (non-hydrogen) atoms. The molecule has 2 heterocycles. The van der Waals surface area contributed by atoms with E-state index in [0.717, 1.165) is 0 Å². The molecule has 74 valence electrons. The number of Topliss-reactive ketones (excluding diaryl/α,β-unsaturated/α-hetero) is 1. The molecule has 4 nitrogen and oxygen atoms in total. The number of ether oxygens (including phenoxy) is 2. The maximum absolute atomic E-state index is 11.4. The standard InChI is InChI=1S/C9H8INO3/c10-4-7(12)6-3-8-9(11-5-6)14-2-1-13-8/h3,5H,1-2,4H2. The number of rotatable bonds is 2. The molecule has 0 bridgehead atoms. The van der Waals surface area contributed by atoms with Gasteiger partial charge in [0.25, 0.3) is 5.88 Å². The molecule has 1 aromatic rings. The number of aromatic nitrogens is 1. The molecule has 0 radical (unpaired) electrons. The highest BCUT2D eigenvalue weighted by Crippen LogP contribution is 2.28. The smallest absolute Gasteiger partial charge is 0.257 e. The number of pyridine rings is 1. The second-order valence-corrected chi connectivity index (χ2v) is 3.54. The lowest BCUT2D eigenvalue weighted by molar-refractivity contribution is 0.102. The van der Waals surface area contributed by atoms with Gasteiger partial charge < -0.3 is 9.47 Å². The zero-order valence-corrected chi connectivity index (χ0v) is 9.48. The van der Waals surface area contributed by atoms with Crippen LogP contribution in [0.5, 0.6) is 11.6 Å². The van der Waals surface area contributed by atoms with Crippen LogP contribution in [-0.4, -0.2) is 28.4 Å². The van der Waals surface area contributed by atoms with E-state index in [1.165, 1.54) is 6.20 Å². The summed E-state index contributed by atoms with van der Waals surface area (Å²) < 4.78 is 11.0. The Balaban J connectivity index is 2.33. The van der Waals surface area contributed by atoms with Crippen molar-refractivity contribution >= 4 is 28.4 Å². The first kappa shape index (κ1) is 9.70. The molecule has 1 aliphatic heterocycles. The van der Waals surface area contributed by atoms with Gasteiger partial charge in [0.15, 0.2) is 11.5 Å². The summed E-state index contributed by atoms with van der Waals surface area (Å²) in [6, 6.07) is 1.68. The maximum Gasteiger partial charge on any atom is 0.257 e. The molecule has 0 aromatic carbocycles. The Bertz CT molecular complexity index is 367. The Morgan fingerprint density at radius 1 is 1.50 bits per heavy atom. The lowest BCUT2D eigenvalue weighted by Gasteiger charge is -2.17. The van der Waals surface area contributed by atoms with Crippen LogP contribution in [-0.2, 0) is 0 Å². The Morgan fingerprint density at radius 3 is 3.07 bits per heavy atom. The minimum atomic E-state index is 0.0510. The fraction of sp³-hybridized carbons (Fsp3) is 0.333. The third-order valence-electron chi connectivity index (χ3n) is 1.84. The third kappa shape index (κ3) is 1.82. The topological polar surface area (TPSA) is 48.4 Å². The van der Waals surface area contributed by atoms with Crippen LogP contribution in [0.15, 0.2) is 12.3 Å². The normalized spacial score (nSPS) is 13.8. The number of alkyl halides is 1. The van der Waals surface area contributed by atoms with Gasteiger partial charge >= 0.3 is 0 Å². The van der Waals surface area contributed by atoms with Crippen molar-refractivity contribution in [2.45, 2.75) is 0 Å². The number of nitrogens with zero attached hydrogens (tertiary/aromatic N) is 1. The summed E-state index contributed by atoms with van der Waals surface area (Å²) in [4.78, 5) is 15.4. The van der Waals surface area contributed by atoms with Crippen LogP contribution in [0.2, 0.25) is 0 Å². The van der Waals surface area contributed by atoms with E-state index < -0.39 is 0 Å². The molecule has 0 spiro atoms. The van der Waals surface area contributed by atoms with Gasteiger partial charge in [-0.15, -0.1) is 0 Å². The van der Waals surface area contributed by atoms with Gasteiger partial charge in [-0.1, -0.05) is 22.6 Å². The van der Waals surface area contributed by atoms with E-state index in [1.54, 1.807) is 6.07 Å². The summed E-state index contributed by atoms with van der Waals surface area (Å²) >= 11 is 2.02. The summed E-state index contributed by atoms with van der Waals surface area (Å²) in [5, 5.41) is 0. The van der Waals surface area contributed by atoms with Crippen LogP contribution in [0.1, 0.15) is 10.4 Å². The second-order valence-electron chi connectivity index (χ2n) is 2.78. The van der Waals surface area contributed by atoms with E-state index in [-0.39, 0.29) is 5.78 Å². The van der Waals surface area contributed by atoms with Crippen molar-refractivity contribution in [2.75, 3.05) is 17.6 Å². The van der Waals surface area contributed by atoms with Crippen LogP contribution in [0, 0.1) is 0 Å². The number of halogens is 1. The number of carbonyl (C=O) groups is 1. The Hall–Kier alpha value is -0.850. The number of hydrogen-bond acceptors (Lipinski definition) is 4. The van der Waals surface area contributed by atoms with Crippen molar-refractivity contribution in [1.29, 1.82) is 0 Å². The largest absolute Gasteiger partial charge is 0.484 e. The van der Waals surface area contributed by atoms with Crippen molar-refractivity contribution in [3.05, 3.63) is 17.8 Å². The molecule has 0 fully saturated rings. The van der Waals surface area contributed by atoms with E-state index in [9.17, 15) is 4.79 Å². The van der Waals surface area contributed by atoms with Gasteiger partial charge in [-0.25, -0.2) is 4.98 Å². The van der Waals surface area contributed by atoms with Crippen molar-refractivity contribution < 1.29 is 14.3 Å². The zero-order valence-electron chi connectivity index (χ0n) is 7.33. The van der Waals surface area contributed by atoms with Gasteiger partial charge in [0.2, 0.25) is 0 Å². The summed E-state index contributed by atoms with van der Waals surface area (Å²) in [5.41, 5.74) is 0.573. The van der Waals surface area contributed by atoms with Gasteiger partial charge in [-0.3, -0.25) is 4.79 Å². The molecular weight excluding hydrogens is 297 g/mol. The Morgan fingerprint density at radius 2 is 2.29 bits per heavy atom. The Kier molecular flexibility index (Phi) is 2.85. The molecule has 0 aliphatic carbocycles. The molecular formula is C9H8INO3. The minimum Gasteiger partial charge on any atom is -0.484 e. The highest BCUT2D eigenvalue weighted by atomic mass is 127. The maximum atomic E-state index is 11.4. The average molecular weight is 305 g/mol. The quantitative estimate of drug-likeness (QED) is 0.472. The van der Waals surface area contributed by atoms with Gasteiger partial charge in [0.1, 0.15) is 13.2 Å². The molecule has 5 heteroatoms. The first-order valence-electron chi connectivity index (χ1n) is 4.16. The molecule has 0 atom stereocenters. The molecule has 0 N–H and O–H groups in total. The van der Waals surface area contributed by atoms with Crippen LogP contribution in [0.3, 0.4) is 0 Å².